The molecule has 1 rings (SSSR count). The minimum Gasteiger partial charge on any atom is -0.490 e. The molecule has 1 aromatic rings. The second-order valence-corrected chi connectivity index (χ2v) is 4.14. The van der Waals surface area contributed by atoms with Gasteiger partial charge in [-0.1, -0.05) is 19.9 Å². The Kier molecular flexibility index (Phi) is 6.76. The van der Waals surface area contributed by atoms with Gasteiger partial charge in [-0.15, -0.1) is 0 Å². The zero-order valence-corrected chi connectivity index (χ0v) is 11.9. The summed E-state index contributed by atoms with van der Waals surface area (Å²) in [5, 5.41) is 12.2. The van der Waals surface area contributed by atoms with Crippen molar-refractivity contribution in [1.82, 2.24) is 5.32 Å². The summed E-state index contributed by atoms with van der Waals surface area (Å²) in [5.74, 6) is 1.34. The smallest absolute Gasteiger partial charge is 0.184 e. The van der Waals surface area contributed by atoms with Crippen molar-refractivity contribution in [1.29, 1.82) is 5.26 Å². The lowest BCUT2D eigenvalue weighted by Gasteiger charge is -2.15. The lowest BCUT2D eigenvalue weighted by Crippen LogP contribution is -2.14. The molecule has 4 heteroatoms. The molecule has 0 aliphatic heterocycles. The summed E-state index contributed by atoms with van der Waals surface area (Å²) in [6.07, 6.45) is 0.222. The molecule has 0 heterocycles. The molecule has 1 atom stereocenters. The average Bonchev–Trinajstić information content (AvgIpc) is 2.44. The van der Waals surface area contributed by atoms with Crippen LogP contribution < -0.4 is 14.8 Å². The molecule has 104 valence electrons. The molecule has 0 aromatic heterocycles. The lowest BCUT2D eigenvalue weighted by atomic mass is 10.2. The standard InChI is InChI=1S/C15H22N2O2/c1-4-13(10-16)19-14-8-7-12(11-17-5-2)9-15(14)18-6-3/h7-9,13,17H,4-6,11H2,1-3H3. The number of hydrogen-bond donors (Lipinski definition) is 1. The van der Waals surface area contributed by atoms with Crippen molar-refractivity contribution in [3.05, 3.63) is 23.8 Å². The van der Waals surface area contributed by atoms with Crippen LogP contribution in [0.2, 0.25) is 0 Å². The Morgan fingerprint density at radius 1 is 1.26 bits per heavy atom. The Morgan fingerprint density at radius 2 is 2.05 bits per heavy atom. The van der Waals surface area contributed by atoms with Crippen LogP contribution in [-0.4, -0.2) is 19.3 Å². The molecule has 0 saturated carbocycles. The van der Waals surface area contributed by atoms with Crippen LogP contribution in [-0.2, 0) is 6.54 Å². The molecule has 19 heavy (non-hydrogen) atoms. The van der Waals surface area contributed by atoms with Gasteiger partial charge in [0.2, 0.25) is 0 Å². The molecule has 0 bridgehead atoms. The number of nitrogens with zero attached hydrogens (tertiary/aromatic N) is 1. The first-order valence-electron chi connectivity index (χ1n) is 6.77. The van der Waals surface area contributed by atoms with E-state index in [2.05, 4.69) is 18.3 Å². The van der Waals surface area contributed by atoms with E-state index in [0.29, 0.717) is 24.5 Å². The Morgan fingerprint density at radius 3 is 2.63 bits per heavy atom. The van der Waals surface area contributed by atoms with Crippen molar-refractivity contribution in [2.24, 2.45) is 0 Å². The molecule has 4 nitrogen and oxygen atoms in total. The second-order valence-electron chi connectivity index (χ2n) is 4.14. The summed E-state index contributed by atoms with van der Waals surface area (Å²) >= 11 is 0. The van der Waals surface area contributed by atoms with Gasteiger partial charge < -0.3 is 14.8 Å². The second kappa shape index (κ2) is 8.39. The Bertz CT molecular complexity index is 427. The maximum absolute atomic E-state index is 8.95. The van der Waals surface area contributed by atoms with E-state index in [-0.39, 0.29) is 0 Å². The number of rotatable bonds is 8. The van der Waals surface area contributed by atoms with E-state index in [1.54, 1.807) is 0 Å². The molecule has 0 radical (unpaired) electrons. The van der Waals surface area contributed by atoms with Crippen LogP contribution in [0.25, 0.3) is 0 Å². The predicted molar refractivity (Wildman–Crippen MR) is 75.3 cm³/mol. The van der Waals surface area contributed by atoms with Crippen LogP contribution in [0.1, 0.15) is 32.8 Å². The average molecular weight is 262 g/mol. The number of nitrogens with one attached hydrogen (secondary N) is 1. The highest BCUT2D eigenvalue weighted by Crippen LogP contribution is 2.29. The first-order chi connectivity index (χ1) is 9.24. The largest absolute Gasteiger partial charge is 0.490 e. The van der Waals surface area contributed by atoms with Crippen LogP contribution in [0.4, 0.5) is 0 Å². The van der Waals surface area contributed by atoms with E-state index in [9.17, 15) is 0 Å². The molecule has 0 saturated heterocycles. The van der Waals surface area contributed by atoms with Gasteiger partial charge in [0.1, 0.15) is 6.07 Å². The molecule has 0 fully saturated rings. The normalized spacial score (nSPS) is 11.7. The summed E-state index contributed by atoms with van der Waals surface area (Å²) < 4.78 is 11.2. The number of benzene rings is 1. The topological polar surface area (TPSA) is 54.3 Å². The first-order valence-corrected chi connectivity index (χ1v) is 6.77. The third kappa shape index (κ3) is 4.80. The lowest BCUT2D eigenvalue weighted by molar-refractivity contribution is 0.231. The summed E-state index contributed by atoms with van der Waals surface area (Å²) in [7, 11) is 0. The Balaban J connectivity index is 2.87. The van der Waals surface area contributed by atoms with Crippen LogP contribution in [0.3, 0.4) is 0 Å². The number of hydrogen-bond acceptors (Lipinski definition) is 4. The van der Waals surface area contributed by atoms with Crippen molar-refractivity contribution >= 4 is 0 Å². The molecule has 0 aliphatic carbocycles. The fourth-order valence-corrected chi connectivity index (χ4v) is 1.65. The van der Waals surface area contributed by atoms with E-state index in [1.165, 1.54) is 0 Å². The van der Waals surface area contributed by atoms with Gasteiger partial charge in [-0.05, 0) is 37.6 Å². The Labute approximate surface area is 115 Å². The zero-order chi connectivity index (χ0) is 14.1. The third-order valence-electron chi connectivity index (χ3n) is 2.67. The van der Waals surface area contributed by atoms with Crippen molar-refractivity contribution in [3.63, 3.8) is 0 Å². The third-order valence-corrected chi connectivity index (χ3v) is 2.67. The van der Waals surface area contributed by atoms with Gasteiger partial charge in [-0.3, -0.25) is 0 Å². The van der Waals surface area contributed by atoms with Crippen molar-refractivity contribution in [2.75, 3.05) is 13.2 Å². The number of ether oxygens (including phenoxy) is 2. The van der Waals surface area contributed by atoms with Crippen LogP contribution >= 0.6 is 0 Å². The van der Waals surface area contributed by atoms with Gasteiger partial charge in [0.25, 0.3) is 0 Å². The van der Waals surface area contributed by atoms with Gasteiger partial charge in [-0.25, -0.2) is 0 Å². The van der Waals surface area contributed by atoms with E-state index in [4.69, 9.17) is 14.7 Å². The molecule has 0 spiro atoms. The minimum atomic E-state index is -0.432. The SMILES string of the molecule is CCNCc1ccc(OC(C#N)CC)c(OCC)c1. The molecular weight excluding hydrogens is 240 g/mol. The summed E-state index contributed by atoms with van der Waals surface area (Å²) in [4.78, 5) is 0. The van der Waals surface area contributed by atoms with Crippen LogP contribution in [0.5, 0.6) is 11.5 Å². The van der Waals surface area contributed by atoms with E-state index >= 15 is 0 Å². The molecule has 0 aliphatic rings. The monoisotopic (exact) mass is 262 g/mol. The highest BCUT2D eigenvalue weighted by molar-refractivity contribution is 5.43. The maximum Gasteiger partial charge on any atom is 0.184 e. The first kappa shape index (κ1) is 15.3. The van der Waals surface area contributed by atoms with Gasteiger partial charge in [0, 0.05) is 6.54 Å². The van der Waals surface area contributed by atoms with Crippen molar-refractivity contribution < 1.29 is 9.47 Å². The molecule has 0 amide bonds. The summed E-state index contributed by atoms with van der Waals surface area (Å²) in [6.45, 7) is 8.22. The molecule has 1 aromatic carbocycles. The van der Waals surface area contributed by atoms with E-state index < -0.39 is 6.10 Å². The van der Waals surface area contributed by atoms with Crippen LogP contribution in [0, 0.1) is 11.3 Å². The Hall–Kier alpha value is -1.73. The molecule has 1 N–H and O–H groups in total. The van der Waals surface area contributed by atoms with E-state index in [1.807, 2.05) is 32.0 Å². The quantitative estimate of drug-likeness (QED) is 0.782. The fraction of sp³-hybridized carbons (Fsp3) is 0.533. The van der Waals surface area contributed by atoms with Crippen molar-refractivity contribution in [2.45, 2.75) is 39.8 Å². The van der Waals surface area contributed by atoms with Gasteiger partial charge in [0.15, 0.2) is 17.6 Å². The van der Waals surface area contributed by atoms with Crippen molar-refractivity contribution in [3.8, 4) is 17.6 Å². The fourth-order valence-electron chi connectivity index (χ4n) is 1.65. The van der Waals surface area contributed by atoms with Gasteiger partial charge in [0.05, 0.1) is 6.61 Å². The minimum absolute atomic E-state index is 0.432. The summed E-state index contributed by atoms with van der Waals surface area (Å²) in [6, 6.07) is 7.96. The summed E-state index contributed by atoms with van der Waals surface area (Å²) in [5.41, 5.74) is 1.14. The van der Waals surface area contributed by atoms with Gasteiger partial charge >= 0.3 is 0 Å². The van der Waals surface area contributed by atoms with Crippen LogP contribution in [0.15, 0.2) is 18.2 Å². The maximum atomic E-state index is 8.95. The highest BCUT2D eigenvalue weighted by atomic mass is 16.5. The van der Waals surface area contributed by atoms with E-state index in [0.717, 1.165) is 18.7 Å². The van der Waals surface area contributed by atoms with Gasteiger partial charge in [-0.2, -0.15) is 5.26 Å². The highest BCUT2D eigenvalue weighted by Gasteiger charge is 2.11. The zero-order valence-electron chi connectivity index (χ0n) is 11.9. The molecular formula is C15H22N2O2. The predicted octanol–water partition coefficient (Wildman–Crippen LogP) is 2.88. The molecule has 1 unspecified atom stereocenters. The number of nitriles is 1.